The summed E-state index contributed by atoms with van der Waals surface area (Å²) in [4.78, 5) is 14.6. The first-order valence-electron chi connectivity index (χ1n) is 8.41. The SMILES string of the molecule is CC(CNC(C)C(=O)NC1CCCC1)CN1CCCC1. The van der Waals surface area contributed by atoms with Crippen LogP contribution in [0, 0.1) is 5.92 Å². The van der Waals surface area contributed by atoms with E-state index >= 15 is 0 Å². The molecule has 1 saturated carbocycles. The first kappa shape index (κ1) is 15.8. The molecule has 4 nitrogen and oxygen atoms in total. The van der Waals surface area contributed by atoms with E-state index in [0.29, 0.717) is 12.0 Å². The molecule has 0 aromatic heterocycles. The van der Waals surface area contributed by atoms with Crippen molar-refractivity contribution in [2.75, 3.05) is 26.2 Å². The summed E-state index contributed by atoms with van der Waals surface area (Å²) < 4.78 is 0. The van der Waals surface area contributed by atoms with Gasteiger partial charge in [0.15, 0.2) is 0 Å². The average molecular weight is 281 g/mol. The first-order chi connectivity index (χ1) is 9.65. The Morgan fingerprint density at radius 1 is 1.15 bits per heavy atom. The molecule has 2 fully saturated rings. The highest BCUT2D eigenvalue weighted by atomic mass is 16.2. The molecule has 2 rings (SSSR count). The number of nitrogens with zero attached hydrogens (tertiary/aromatic N) is 1. The van der Waals surface area contributed by atoms with Gasteiger partial charge in [-0.3, -0.25) is 4.79 Å². The summed E-state index contributed by atoms with van der Waals surface area (Å²) in [5.74, 6) is 0.778. The fourth-order valence-electron chi connectivity index (χ4n) is 3.34. The third-order valence-electron chi connectivity index (χ3n) is 4.64. The Morgan fingerprint density at radius 2 is 1.80 bits per heavy atom. The van der Waals surface area contributed by atoms with Gasteiger partial charge in [0.1, 0.15) is 0 Å². The molecule has 1 heterocycles. The van der Waals surface area contributed by atoms with Crippen LogP contribution in [0.1, 0.15) is 52.4 Å². The molecule has 1 aliphatic carbocycles. The molecule has 1 amide bonds. The summed E-state index contributed by atoms with van der Waals surface area (Å²) in [5, 5.41) is 6.55. The minimum atomic E-state index is -0.0726. The van der Waals surface area contributed by atoms with E-state index in [1.807, 2.05) is 6.92 Å². The second-order valence-electron chi connectivity index (χ2n) is 6.73. The van der Waals surface area contributed by atoms with Gasteiger partial charge in [-0.15, -0.1) is 0 Å². The Morgan fingerprint density at radius 3 is 2.45 bits per heavy atom. The van der Waals surface area contributed by atoms with Crippen molar-refractivity contribution in [3.63, 3.8) is 0 Å². The first-order valence-corrected chi connectivity index (χ1v) is 8.41. The predicted molar refractivity (Wildman–Crippen MR) is 82.7 cm³/mol. The van der Waals surface area contributed by atoms with Crippen molar-refractivity contribution < 1.29 is 4.79 Å². The largest absolute Gasteiger partial charge is 0.352 e. The number of rotatable bonds is 7. The van der Waals surface area contributed by atoms with E-state index < -0.39 is 0 Å². The van der Waals surface area contributed by atoms with Crippen molar-refractivity contribution in [2.45, 2.75) is 64.5 Å². The standard InChI is InChI=1S/C16H31N3O/c1-13(12-19-9-5-6-10-19)11-17-14(2)16(20)18-15-7-3-4-8-15/h13-15,17H,3-12H2,1-2H3,(H,18,20). The fourth-order valence-corrected chi connectivity index (χ4v) is 3.34. The molecular formula is C16H31N3O. The van der Waals surface area contributed by atoms with Crippen molar-refractivity contribution in [2.24, 2.45) is 5.92 Å². The van der Waals surface area contributed by atoms with Crippen LogP contribution in [0.25, 0.3) is 0 Å². The molecule has 0 bridgehead atoms. The fraction of sp³-hybridized carbons (Fsp3) is 0.938. The zero-order valence-corrected chi connectivity index (χ0v) is 13.2. The molecule has 2 N–H and O–H groups in total. The number of hydrogen-bond donors (Lipinski definition) is 2. The summed E-state index contributed by atoms with van der Waals surface area (Å²) in [6.45, 7) is 8.84. The second kappa shape index (κ2) is 7.99. The van der Waals surface area contributed by atoms with Crippen LogP contribution in [0.15, 0.2) is 0 Å². The predicted octanol–water partition coefficient (Wildman–Crippen LogP) is 1.76. The second-order valence-corrected chi connectivity index (χ2v) is 6.73. The monoisotopic (exact) mass is 281 g/mol. The Balaban J connectivity index is 1.60. The molecule has 116 valence electrons. The normalized spacial score (nSPS) is 23.9. The number of hydrogen-bond acceptors (Lipinski definition) is 3. The zero-order chi connectivity index (χ0) is 14.4. The number of nitrogens with one attached hydrogen (secondary N) is 2. The Bertz CT molecular complexity index is 296. The number of amides is 1. The van der Waals surface area contributed by atoms with E-state index in [2.05, 4.69) is 22.5 Å². The smallest absolute Gasteiger partial charge is 0.237 e. The summed E-state index contributed by atoms with van der Waals surface area (Å²) in [6, 6.07) is 0.352. The lowest BCUT2D eigenvalue weighted by Crippen LogP contribution is -2.47. The van der Waals surface area contributed by atoms with Crippen LogP contribution in [-0.4, -0.2) is 49.1 Å². The minimum absolute atomic E-state index is 0.0726. The maximum Gasteiger partial charge on any atom is 0.237 e. The van der Waals surface area contributed by atoms with Crippen LogP contribution < -0.4 is 10.6 Å². The van der Waals surface area contributed by atoms with Crippen molar-refractivity contribution in [3.8, 4) is 0 Å². The van der Waals surface area contributed by atoms with Crippen molar-refractivity contribution in [3.05, 3.63) is 0 Å². The van der Waals surface area contributed by atoms with Crippen molar-refractivity contribution >= 4 is 5.91 Å². The maximum atomic E-state index is 12.1. The number of carbonyl (C=O) groups is 1. The van der Waals surface area contributed by atoms with Crippen LogP contribution in [0.2, 0.25) is 0 Å². The number of likely N-dealkylation sites (tertiary alicyclic amines) is 1. The van der Waals surface area contributed by atoms with Crippen LogP contribution in [-0.2, 0) is 4.79 Å². The molecule has 2 aliphatic rings. The lowest BCUT2D eigenvalue weighted by molar-refractivity contribution is -0.123. The molecule has 0 aromatic carbocycles. The van der Waals surface area contributed by atoms with Crippen molar-refractivity contribution in [1.29, 1.82) is 0 Å². The minimum Gasteiger partial charge on any atom is -0.352 e. The van der Waals surface area contributed by atoms with Crippen LogP contribution in [0.3, 0.4) is 0 Å². The molecule has 0 spiro atoms. The van der Waals surface area contributed by atoms with Gasteiger partial charge in [-0.25, -0.2) is 0 Å². The Labute approximate surface area is 123 Å². The molecule has 1 saturated heterocycles. The molecule has 2 unspecified atom stereocenters. The van der Waals surface area contributed by atoms with E-state index in [0.717, 1.165) is 25.9 Å². The summed E-state index contributed by atoms with van der Waals surface area (Å²) in [6.07, 6.45) is 7.54. The highest BCUT2D eigenvalue weighted by molar-refractivity contribution is 5.81. The molecule has 0 aromatic rings. The summed E-state index contributed by atoms with van der Waals surface area (Å²) in [5.41, 5.74) is 0. The van der Waals surface area contributed by atoms with E-state index in [1.54, 1.807) is 0 Å². The lowest BCUT2D eigenvalue weighted by atomic mass is 10.1. The molecule has 20 heavy (non-hydrogen) atoms. The van der Waals surface area contributed by atoms with Gasteiger partial charge in [-0.1, -0.05) is 19.8 Å². The summed E-state index contributed by atoms with van der Waals surface area (Å²) in [7, 11) is 0. The van der Waals surface area contributed by atoms with E-state index in [4.69, 9.17) is 0 Å². The average Bonchev–Trinajstić information content (AvgIpc) is 3.09. The van der Waals surface area contributed by atoms with Gasteiger partial charge < -0.3 is 15.5 Å². The maximum absolute atomic E-state index is 12.1. The van der Waals surface area contributed by atoms with Crippen molar-refractivity contribution in [1.82, 2.24) is 15.5 Å². The van der Waals surface area contributed by atoms with Crippen LogP contribution in [0.4, 0.5) is 0 Å². The molecule has 2 atom stereocenters. The quantitative estimate of drug-likeness (QED) is 0.747. The topological polar surface area (TPSA) is 44.4 Å². The van der Waals surface area contributed by atoms with Gasteiger partial charge in [0.25, 0.3) is 0 Å². The zero-order valence-electron chi connectivity index (χ0n) is 13.2. The highest BCUT2D eigenvalue weighted by Gasteiger charge is 2.21. The third kappa shape index (κ3) is 5.06. The van der Waals surface area contributed by atoms with Gasteiger partial charge in [0.2, 0.25) is 5.91 Å². The van der Waals surface area contributed by atoms with Gasteiger partial charge in [0, 0.05) is 12.6 Å². The molecule has 1 aliphatic heterocycles. The Kier molecular flexibility index (Phi) is 6.30. The van der Waals surface area contributed by atoms with Gasteiger partial charge >= 0.3 is 0 Å². The molecule has 0 radical (unpaired) electrons. The van der Waals surface area contributed by atoms with Gasteiger partial charge in [-0.05, 0) is 58.2 Å². The highest BCUT2D eigenvalue weighted by Crippen LogP contribution is 2.17. The van der Waals surface area contributed by atoms with Gasteiger partial charge in [-0.2, -0.15) is 0 Å². The van der Waals surface area contributed by atoms with E-state index in [-0.39, 0.29) is 11.9 Å². The molecule has 4 heteroatoms. The van der Waals surface area contributed by atoms with Crippen LogP contribution >= 0.6 is 0 Å². The van der Waals surface area contributed by atoms with E-state index in [9.17, 15) is 4.79 Å². The third-order valence-corrected chi connectivity index (χ3v) is 4.64. The van der Waals surface area contributed by atoms with Crippen LogP contribution in [0.5, 0.6) is 0 Å². The Hall–Kier alpha value is -0.610. The van der Waals surface area contributed by atoms with E-state index in [1.165, 1.54) is 38.8 Å². The summed E-state index contributed by atoms with van der Waals surface area (Å²) >= 11 is 0. The van der Waals surface area contributed by atoms with Gasteiger partial charge in [0.05, 0.1) is 6.04 Å². The number of carbonyl (C=O) groups excluding carboxylic acids is 1. The lowest BCUT2D eigenvalue weighted by Gasteiger charge is -2.23. The molecular weight excluding hydrogens is 250 g/mol.